The molecular weight excluding hydrogens is 226 g/mol. The molecule has 0 bridgehead atoms. The highest BCUT2D eigenvalue weighted by Gasteiger charge is 2.19. The van der Waals surface area contributed by atoms with Crippen molar-refractivity contribution in [2.75, 3.05) is 12.0 Å². The fourth-order valence-electron chi connectivity index (χ4n) is 1.16. The Labute approximate surface area is 100 Å². The van der Waals surface area contributed by atoms with Crippen molar-refractivity contribution in [2.45, 2.75) is 32.7 Å². The number of hydrogen-bond acceptors (Lipinski definition) is 3. The third-order valence-electron chi connectivity index (χ3n) is 2.08. The van der Waals surface area contributed by atoms with Crippen LogP contribution in [0.4, 0.5) is 0 Å². The second kappa shape index (κ2) is 8.21. The summed E-state index contributed by atoms with van der Waals surface area (Å²) in [5, 5.41) is 11.4. The van der Waals surface area contributed by atoms with Gasteiger partial charge in [0.05, 0.1) is 0 Å². The lowest BCUT2D eigenvalue weighted by molar-refractivity contribution is -0.141. The molecular formula is C11H19NO3S. The summed E-state index contributed by atoms with van der Waals surface area (Å²) in [4.78, 5) is 22.4. The Hall–Kier alpha value is -0.970. The lowest BCUT2D eigenvalue weighted by Crippen LogP contribution is -2.41. The van der Waals surface area contributed by atoms with Gasteiger partial charge in [0.1, 0.15) is 6.04 Å². The van der Waals surface area contributed by atoms with Crippen molar-refractivity contribution in [3.63, 3.8) is 0 Å². The van der Waals surface area contributed by atoms with Crippen LogP contribution >= 0.6 is 11.8 Å². The molecule has 0 heterocycles. The number of carboxylic acid groups (broad SMARTS) is 1. The van der Waals surface area contributed by atoms with E-state index in [9.17, 15) is 9.59 Å². The molecule has 2 N–H and O–H groups in total. The van der Waals surface area contributed by atoms with Gasteiger partial charge in [0.2, 0.25) is 5.91 Å². The van der Waals surface area contributed by atoms with Gasteiger partial charge >= 0.3 is 5.97 Å². The molecule has 0 saturated heterocycles. The van der Waals surface area contributed by atoms with Crippen LogP contribution in [-0.4, -0.2) is 35.0 Å². The highest BCUT2D eigenvalue weighted by atomic mass is 32.2. The Morgan fingerprint density at radius 1 is 1.50 bits per heavy atom. The van der Waals surface area contributed by atoms with Crippen molar-refractivity contribution >= 4 is 23.6 Å². The van der Waals surface area contributed by atoms with Gasteiger partial charge < -0.3 is 10.4 Å². The van der Waals surface area contributed by atoms with Crippen LogP contribution in [0.1, 0.15) is 26.7 Å². The Morgan fingerprint density at radius 2 is 2.12 bits per heavy atom. The maximum Gasteiger partial charge on any atom is 0.326 e. The van der Waals surface area contributed by atoms with Crippen LogP contribution < -0.4 is 5.32 Å². The molecule has 0 fully saturated rings. The van der Waals surface area contributed by atoms with Crippen LogP contribution in [0.25, 0.3) is 0 Å². The van der Waals surface area contributed by atoms with Crippen LogP contribution in [-0.2, 0) is 9.59 Å². The van der Waals surface area contributed by atoms with Gasteiger partial charge in [-0.1, -0.05) is 13.0 Å². The van der Waals surface area contributed by atoms with Crippen LogP contribution in [0, 0.1) is 0 Å². The molecule has 0 aliphatic rings. The minimum absolute atomic E-state index is 0.296. The zero-order chi connectivity index (χ0) is 12.6. The van der Waals surface area contributed by atoms with Crippen molar-refractivity contribution < 1.29 is 14.7 Å². The molecule has 0 radical (unpaired) electrons. The second-order valence-electron chi connectivity index (χ2n) is 3.44. The summed E-state index contributed by atoms with van der Waals surface area (Å²) in [5.74, 6) is -0.560. The number of thioether (sulfide) groups is 1. The van der Waals surface area contributed by atoms with Gasteiger partial charge in [0.15, 0.2) is 0 Å². The molecule has 0 aromatic rings. The highest BCUT2D eigenvalue weighted by molar-refractivity contribution is 7.98. The lowest BCUT2D eigenvalue weighted by Gasteiger charge is -2.14. The van der Waals surface area contributed by atoms with E-state index in [1.807, 2.05) is 13.2 Å². The zero-order valence-corrected chi connectivity index (χ0v) is 10.8. The van der Waals surface area contributed by atoms with Gasteiger partial charge in [-0.25, -0.2) is 4.79 Å². The van der Waals surface area contributed by atoms with Crippen LogP contribution in [0.5, 0.6) is 0 Å². The average molecular weight is 245 g/mol. The monoisotopic (exact) mass is 245 g/mol. The number of carbonyl (C=O) groups excluding carboxylic acids is 1. The third-order valence-corrected chi connectivity index (χ3v) is 2.73. The lowest BCUT2D eigenvalue weighted by atomic mass is 10.2. The summed E-state index contributed by atoms with van der Waals surface area (Å²) < 4.78 is 0. The Kier molecular flexibility index (Phi) is 7.72. The standard InChI is InChI=1S/C11H19NO3S/c1-4-5-8(2)10(13)12-9(11(14)15)6-7-16-3/h5,9H,4,6-7H2,1-3H3,(H,12,13)(H,14,15)/b8-5-/t9-/m1/s1. The first-order valence-electron chi connectivity index (χ1n) is 5.22. The van der Waals surface area contributed by atoms with E-state index >= 15 is 0 Å². The average Bonchev–Trinajstić information content (AvgIpc) is 2.23. The van der Waals surface area contributed by atoms with Gasteiger partial charge in [-0.2, -0.15) is 11.8 Å². The number of nitrogens with one attached hydrogen (secondary N) is 1. The molecule has 0 aliphatic heterocycles. The Balaban J connectivity index is 4.34. The molecule has 0 saturated carbocycles. The largest absolute Gasteiger partial charge is 0.480 e. The van der Waals surface area contributed by atoms with Crippen molar-refractivity contribution in [2.24, 2.45) is 0 Å². The fourth-order valence-corrected chi connectivity index (χ4v) is 1.64. The molecule has 16 heavy (non-hydrogen) atoms. The Bertz CT molecular complexity index is 276. The molecule has 0 aromatic heterocycles. The molecule has 1 atom stereocenters. The SMILES string of the molecule is CC/C=C(/C)C(=O)N[C@H](CCSC)C(=O)O. The van der Waals surface area contributed by atoms with Crippen molar-refractivity contribution in [3.8, 4) is 0 Å². The topological polar surface area (TPSA) is 66.4 Å². The number of rotatable bonds is 7. The van der Waals surface area contributed by atoms with Crippen molar-refractivity contribution in [3.05, 3.63) is 11.6 Å². The molecule has 1 amide bonds. The quantitative estimate of drug-likeness (QED) is 0.669. The smallest absolute Gasteiger partial charge is 0.326 e. The van der Waals surface area contributed by atoms with E-state index in [-0.39, 0.29) is 5.91 Å². The van der Waals surface area contributed by atoms with E-state index in [1.165, 1.54) is 0 Å². The van der Waals surface area contributed by atoms with E-state index in [1.54, 1.807) is 24.8 Å². The number of hydrogen-bond donors (Lipinski definition) is 2. The third kappa shape index (κ3) is 5.80. The summed E-state index contributed by atoms with van der Waals surface area (Å²) in [6.45, 7) is 3.62. The molecule has 0 aliphatic carbocycles. The van der Waals surface area contributed by atoms with E-state index in [0.29, 0.717) is 17.7 Å². The predicted molar refractivity (Wildman–Crippen MR) is 66.6 cm³/mol. The minimum atomic E-state index is -0.980. The highest BCUT2D eigenvalue weighted by Crippen LogP contribution is 2.03. The normalized spacial score (nSPS) is 13.3. The van der Waals surface area contributed by atoms with Gasteiger partial charge in [-0.3, -0.25) is 4.79 Å². The maximum absolute atomic E-state index is 11.6. The van der Waals surface area contributed by atoms with Crippen molar-refractivity contribution in [1.29, 1.82) is 0 Å². The summed E-state index contributed by atoms with van der Waals surface area (Å²) in [6.07, 6.45) is 4.90. The molecule has 0 aromatic carbocycles. The molecule has 0 unspecified atom stereocenters. The number of amides is 1. The van der Waals surface area contributed by atoms with Crippen LogP contribution in [0.3, 0.4) is 0 Å². The number of aliphatic carboxylic acids is 1. The molecule has 0 spiro atoms. The fraction of sp³-hybridized carbons (Fsp3) is 0.636. The molecule has 5 heteroatoms. The Morgan fingerprint density at radius 3 is 2.56 bits per heavy atom. The van der Waals surface area contributed by atoms with E-state index in [0.717, 1.165) is 6.42 Å². The van der Waals surface area contributed by atoms with E-state index in [2.05, 4.69) is 5.32 Å². The van der Waals surface area contributed by atoms with Gasteiger partial charge in [0, 0.05) is 5.57 Å². The second-order valence-corrected chi connectivity index (χ2v) is 4.43. The van der Waals surface area contributed by atoms with E-state index in [4.69, 9.17) is 5.11 Å². The van der Waals surface area contributed by atoms with Gasteiger partial charge in [-0.15, -0.1) is 0 Å². The first kappa shape index (κ1) is 15.0. The molecule has 92 valence electrons. The zero-order valence-electron chi connectivity index (χ0n) is 9.95. The maximum atomic E-state index is 11.6. The minimum Gasteiger partial charge on any atom is -0.480 e. The summed E-state index contributed by atoms with van der Waals surface area (Å²) in [7, 11) is 0. The number of carbonyl (C=O) groups is 2. The van der Waals surface area contributed by atoms with Crippen LogP contribution in [0.2, 0.25) is 0 Å². The summed E-state index contributed by atoms with van der Waals surface area (Å²) in [5.41, 5.74) is 0.568. The molecule has 4 nitrogen and oxygen atoms in total. The number of allylic oxidation sites excluding steroid dienone is 1. The summed E-state index contributed by atoms with van der Waals surface area (Å²) in [6, 6.07) is -0.792. The molecule has 0 rings (SSSR count). The summed E-state index contributed by atoms with van der Waals surface area (Å²) >= 11 is 1.56. The predicted octanol–water partition coefficient (Wildman–Crippen LogP) is 1.67. The van der Waals surface area contributed by atoms with Crippen LogP contribution in [0.15, 0.2) is 11.6 Å². The first-order valence-corrected chi connectivity index (χ1v) is 6.61. The first-order chi connectivity index (χ1) is 7.52. The van der Waals surface area contributed by atoms with Gasteiger partial charge in [0.25, 0.3) is 0 Å². The number of carboxylic acids is 1. The van der Waals surface area contributed by atoms with E-state index < -0.39 is 12.0 Å². The van der Waals surface area contributed by atoms with Crippen molar-refractivity contribution in [1.82, 2.24) is 5.32 Å². The van der Waals surface area contributed by atoms with Gasteiger partial charge in [-0.05, 0) is 31.8 Å².